The molecule has 3 heterocycles. The molecule has 2 bridgehead atoms. The van der Waals surface area contributed by atoms with Crippen molar-refractivity contribution in [2.75, 3.05) is 27.9 Å². The highest BCUT2D eigenvalue weighted by Crippen LogP contribution is 2.50. The van der Waals surface area contributed by atoms with Crippen LogP contribution in [-0.2, 0) is 9.53 Å². The summed E-state index contributed by atoms with van der Waals surface area (Å²) in [7, 11) is 0. The predicted octanol–water partition coefficient (Wildman–Crippen LogP) is 2.89. The molecule has 3 atom stereocenters. The zero-order valence-corrected chi connectivity index (χ0v) is 16.4. The number of anilines is 2. The number of primary amides is 1. The first-order chi connectivity index (χ1) is 13.5. The molecular weight excluding hydrogens is 381 g/mol. The van der Waals surface area contributed by atoms with Crippen LogP contribution < -0.4 is 15.5 Å². The number of rotatable bonds is 5. The Morgan fingerprint density at radius 2 is 2.00 bits per heavy atom. The fourth-order valence-electron chi connectivity index (χ4n) is 4.87. The van der Waals surface area contributed by atoms with Crippen molar-refractivity contribution in [3.8, 4) is 0 Å². The van der Waals surface area contributed by atoms with Gasteiger partial charge in [0.2, 0.25) is 5.91 Å². The zero-order chi connectivity index (χ0) is 19.5. The highest BCUT2D eigenvalue weighted by atomic mass is 32.2. The van der Waals surface area contributed by atoms with Gasteiger partial charge in [0, 0.05) is 30.0 Å². The highest BCUT2D eigenvalue weighted by Gasteiger charge is 2.52. The van der Waals surface area contributed by atoms with Gasteiger partial charge in [0.1, 0.15) is 11.9 Å². The van der Waals surface area contributed by atoms with Crippen molar-refractivity contribution >= 4 is 35.1 Å². The molecule has 1 aromatic carbocycles. The van der Waals surface area contributed by atoms with Gasteiger partial charge in [-0.05, 0) is 43.9 Å². The van der Waals surface area contributed by atoms with E-state index in [2.05, 4.69) is 4.90 Å². The van der Waals surface area contributed by atoms with Gasteiger partial charge in [0.05, 0.1) is 23.3 Å². The fourth-order valence-corrected chi connectivity index (χ4v) is 6.21. The van der Waals surface area contributed by atoms with Crippen LogP contribution in [0.4, 0.5) is 20.6 Å². The van der Waals surface area contributed by atoms with Crippen LogP contribution in [0.1, 0.15) is 32.1 Å². The van der Waals surface area contributed by atoms with E-state index in [1.54, 1.807) is 12.1 Å². The number of nitrogens with two attached hydrogens (primary N) is 1. The Bertz CT molecular complexity index is 815. The lowest BCUT2D eigenvalue weighted by molar-refractivity contribution is -0.124. The second-order valence-corrected chi connectivity index (χ2v) is 9.51. The predicted molar refractivity (Wildman–Crippen MR) is 106 cm³/mol. The molecule has 2 amide bonds. The van der Waals surface area contributed by atoms with Crippen molar-refractivity contribution in [2.45, 2.75) is 50.3 Å². The standard InChI is InChI=1S/C20H24FN3O3S/c21-16-7-12(3-4-17(16)24-13-1-2-14(24)11-28-10-13)23-9-15(27-19(23)26)8-20(5-6-20)18(22)25/h3-4,7,13-15H,1-2,5-6,8-11H2,(H2,22,25)/t13-,14+,15-/m0/s1. The minimum atomic E-state index is -0.526. The Morgan fingerprint density at radius 3 is 2.61 bits per heavy atom. The van der Waals surface area contributed by atoms with Crippen LogP contribution in [0.25, 0.3) is 0 Å². The van der Waals surface area contributed by atoms with Gasteiger partial charge in [-0.25, -0.2) is 9.18 Å². The van der Waals surface area contributed by atoms with Crippen LogP contribution in [0.2, 0.25) is 0 Å². The number of benzene rings is 1. The van der Waals surface area contributed by atoms with Crippen LogP contribution in [0, 0.1) is 11.2 Å². The van der Waals surface area contributed by atoms with Gasteiger partial charge < -0.3 is 15.4 Å². The van der Waals surface area contributed by atoms with Crippen LogP contribution in [0.5, 0.6) is 0 Å². The van der Waals surface area contributed by atoms with Gasteiger partial charge in [-0.1, -0.05) is 0 Å². The van der Waals surface area contributed by atoms with Crippen LogP contribution in [0.15, 0.2) is 18.2 Å². The number of amides is 2. The van der Waals surface area contributed by atoms with Gasteiger partial charge in [0.25, 0.3) is 0 Å². The van der Waals surface area contributed by atoms with Gasteiger partial charge >= 0.3 is 6.09 Å². The molecule has 4 fully saturated rings. The topological polar surface area (TPSA) is 75.9 Å². The Hall–Kier alpha value is -1.96. The van der Waals surface area contributed by atoms with Crippen LogP contribution >= 0.6 is 11.8 Å². The molecule has 2 N–H and O–H groups in total. The van der Waals surface area contributed by atoms with Crippen LogP contribution in [-0.4, -0.2) is 48.2 Å². The SMILES string of the molecule is NC(=O)C1(C[C@H]2CN(c3ccc(N4[C@@H]5CC[C@H]4CSC5)c(F)c3)C(=O)O2)CC1. The third-order valence-electron chi connectivity index (χ3n) is 6.63. The molecule has 5 rings (SSSR count). The number of hydrogen-bond donors (Lipinski definition) is 1. The second kappa shape index (κ2) is 6.54. The molecule has 1 saturated carbocycles. The second-order valence-electron chi connectivity index (χ2n) is 8.43. The highest BCUT2D eigenvalue weighted by molar-refractivity contribution is 7.99. The van der Waals surface area contributed by atoms with Gasteiger partial charge in [-0.15, -0.1) is 0 Å². The van der Waals surface area contributed by atoms with Crippen molar-refractivity contribution in [1.29, 1.82) is 0 Å². The number of carbonyl (C=O) groups excluding carboxylic acids is 2. The summed E-state index contributed by atoms with van der Waals surface area (Å²) in [6.45, 7) is 0.318. The molecule has 0 spiro atoms. The number of hydrogen-bond acceptors (Lipinski definition) is 5. The summed E-state index contributed by atoms with van der Waals surface area (Å²) in [5.41, 5.74) is 6.08. The lowest BCUT2D eigenvalue weighted by Crippen LogP contribution is -2.43. The van der Waals surface area contributed by atoms with Gasteiger partial charge in [-0.3, -0.25) is 9.69 Å². The van der Waals surface area contributed by atoms with E-state index in [9.17, 15) is 14.0 Å². The van der Waals surface area contributed by atoms with E-state index in [1.165, 1.54) is 11.0 Å². The maximum Gasteiger partial charge on any atom is 0.414 e. The summed E-state index contributed by atoms with van der Waals surface area (Å²) >= 11 is 1.95. The molecule has 6 nitrogen and oxygen atoms in total. The summed E-state index contributed by atoms with van der Waals surface area (Å²) in [5, 5.41) is 0. The zero-order valence-electron chi connectivity index (χ0n) is 15.6. The van der Waals surface area contributed by atoms with Gasteiger partial charge in [-0.2, -0.15) is 11.8 Å². The Kier molecular flexibility index (Phi) is 4.23. The van der Waals surface area contributed by atoms with Crippen molar-refractivity contribution < 1.29 is 18.7 Å². The average molecular weight is 405 g/mol. The first-order valence-electron chi connectivity index (χ1n) is 9.90. The number of fused-ring (bicyclic) bond motifs is 2. The molecule has 1 aliphatic carbocycles. The smallest absolute Gasteiger partial charge is 0.414 e. The number of halogens is 1. The summed E-state index contributed by atoms with van der Waals surface area (Å²) in [5.74, 6) is 1.46. The van der Waals surface area contributed by atoms with Crippen molar-refractivity contribution in [3.63, 3.8) is 0 Å². The number of thioether (sulfide) groups is 1. The monoisotopic (exact) mass is 405 g/mol. The lowest BCUT2D eigenvalue weighted by Gasteiger charge is -2.36. The van der Waals surface area contributed by atoms with Crippen LogP contribution in [0.3, 0.4) is 0 Å². The summed E-state index contributed by atoms with van der Waals surface area (Å²) in [4.78, 5) is 27.6. The maximum absolute atomic E-state index is 15.0. The Labute approximate surface area is 167 Å². The summed E-state index contributed by atoms with van der Waals surface area (Å²) in [6, 6.07) is 5.81. The number of ether oxygens (including phenoxy) is 1. The normalized spacial score (nSPS) is 30.5. The maximum atomic E-state index is 15.0. The summed E-state index contributed by atoms with van der Waals surface area (Å²) in [6.07, 6.45) is 3.28. The fraction of sp³-hybridized carbons (Fsp3) is 0.600. The van der Waals surface area contributed by atoms with E-state index < -0.39 is 11.5 Å². The molecule has 8 heteroatoms. The Morgan fingerprint density at radius 1 is 1.29 bits per heavy atom. The molecule has 150 valence electrons. The number of nitrogens with zero attached hydrogens (tertiary/aromatic N) is 2. The molecular formula is C20H24FN3O3S. The number of carbonyl (C=O) groups is 2. The molecule has 3 aliphatic heterocycles. The van der Waals surface area contributed by atoms with E-state index in [4.69, 9.17) is 10.5 Å². The largest absolute Gasteiger partial charge is 0.444 e. The first-order valence-corrected chi connectivity index (χ1v) is 11.1. The van der Waals surface area contributed by atoms with E-state index in [0.717, 1.165) is 37.2 Å². The molecule has 1 aromatic rings. The first kappa shape index (κ1) is 18.1. The lowest BCUT2D eigenvalue weighted by atomic mass is 9.98. The van der Waals surface area contributed by atoms with E-state index in [0.29, 0.717) is 36.4 Å². The number of cyclic esters (lactones) is 1. The quantitative estimate of drug-likeness (QED) is 0.815. The van der Waals surface area contributed by atoms with Gasteiger partial charge in [0.15, 0.2) is 0 Å². The van der Waals surface area contributed by atoms with E-state index >= 15 is 0 Å². The van der Waals surface area contributed by atoms with Crippen molar-refractivity contribution in [1.82, 2.24) is 0 Å². The molecule has 0 unspecified atom stereocenters. The Balaban J connectivity index is 1.32. The third-order valence-corrected chi connectivity index (χ3v) is 7.87. The minimum Gasteiger partial charge on any atom is -0.444 e. The third kappa shape index (κ3) is 2.93. The van der Waals surface area contributed by atoms with E-state index in [1.807, 2.05) is 11.8 Å². The molecule has 0 aromatic heterocycles. The molecule has 28 heavy (non-hydrogen) atoms. The average Bonchev–Trinajstić information content (AvgIpc) is 3.30. The molecule has 3 saturated heterocycles. The molecule has 0 radical (unpaired) electrons. The van der Waals surface area contributed by atoms with Crippen molar-refractivity contribution in [2.24, 2.45) is 11.1 Å². The molecule has 4 aliphatic rings. The minimum absolute atomic E-state index is 0.298. The summed E-state index contributed by atoms with van der Waals surface area (Å²) < 4.78 is 20.4. The van der Waals surface area contributed by atoms with E-state index in [-0.39, 0.29) is 17.8 Å². The van der Waals surface area contributed by atoms with Crippen molar-refractivity contribution in [3.05, 3.63) is 24.0 Å².